The third kappa shape index (κ3) is 3.59. The molecular weight excluding hydrogens is 394 g/mol. The number of ketones is 1. The molecule has 0 aliphatic carbocycles. The number of amides is 1. The minimum absolute atomic E-state index is 0.0251. The van der Waals surface area contributed by atoms with Gasteiger partial charge in [-0.15, -0.1) is 0 Å². The third-order valence-corrected chi connectivity index (χ3v) is 5.23. The predicted molar refractivity (Wildman–Crippen MR) is 113 cm³/mol. The monoisotopic (exact) mass is 412 g/mol. The second-order valence-corrected chi connectivity index (χ2v) is 7.28. The van der Waals surface area contributed by atoms with Crippen molar-refractivity contribution in [3.8, 4) is 0 Å². The van der Waals surface area contributed by atoms with Gasteiger partial charge in [0.2, 0.25) is 5.78 Å². The zero-order valence-corrected chi connectivity index (χ0v) is 16.6. The zero-order valence-electron chi connectivity index (χ0n) is 16.6. The molecule has 0 spiro atoms. The number of aryl methyl sites for hydroxylation is 1. The van der Waals surface area contributed by atoms with Gasteiger partial charge < -0.3 is 10.2 Å². The summed E-state index contributed by atoms with van der Waals surface area (Å²) in [6.45, 7) is 1.88. The molecule has 0 radical (unpaired) electrons. The highest BCUT2D eigenvalue weighted by atomic mass is 16.4. The van der Waals surface area contributed by atoms with Gasteiger partial charge in [0.1, 0.15) is 0 Å². The number of hydrogen-bond acceptors (Lipinski definition) is 4. The van der Waals surface area contributed by atoms with Crippen molar-refractivity contribution in [2.45, 2.75) is 13.0 Å². The van der Waals surface area contributed by atoms with Gasteiger partial charge in [-0.1, -0.05) is 72.0 Å². The second kappa shape index (κ2) is 7.91. The standard InChI is InChI=1S/C25H19NO5/c1-15-10-12-17(13-11-15)22(27)20-21(16-6-3-2-4-7-16)26(24(29)23(20)28)19-9-5-8-18(14-19)25(30)31/h2-14,21,27H,1H3,(H,30,31)/p-1/t21-/m0/s1. The van der Waals surface area contributed by atoms with E-state index in [9.17, 15) is 24.6 Å². The summed E-state index contributed by atoms with van der Waals surface area (Å²) >= 11 is 0. The molecule has 1 heterocycles. The molecule has 0 aromatic heterocycles. The number of rotatable bonds is 4. The van der Waals surface area contributed by atoms with Crippen LogP contribution in [0.5, 0.6) is 0 Å². The number of carboxylic acid groups (broad SMARTS) is 1. The summed E-state index contributed by atoms with van der Waals surface area (Å²) in [6.07, 6.45) is 0. The summed E-state index contributed by atoms with van der Waals surface area (Å²) in [5.41, 5.74) is 1.91. The number of Topliss-reactive ketones (excluding diaryl/α,β-unsaturated/α-hetero) is 1. The molecule has 1 amide bonds. The van der Waals surface area contributed by atoms with E-state index in [1.807, 2.05) is 6.92 Å². The Balaban J connectivity index is 1.94. The molecule has 0 saturated carbocycles. The highest BCUT2D eigenvalue weighted by Crippen LogP contribution is 2.41. The quantitative estimate of drug-likeness (QED) is 0.403. The maximum Gasteiger partial charge on any atom is 0.335 e. The summed E-state index contributed by atoms with van der Waals surface area (Å²) in [6, 6.07) is 20.3. The predicted octanol–water partition coefficient (Wildman–Crippen LogP) is 3.12. The number of carbonyl (C=O) groups is 3. The normalized spacial score (nSPS) is 17.7. The van der Waals surface area contributed by atoms with E-state index in [0.717, 1.165) is 5.56 Å². The fourth-order valence-electron chi connectivity index (χ4n) is 3.69. The largest absolute Gasteiger partial charge is 0.872 e. The van der Waals surface area contributed by atoms with Crippen LogP contribution in [0.3, 0.4) is 0 Å². The Kier molecular flexibility index (Phi) is 5.13. The highest BCUT2D eigenvalue weighted by molar-refractivity contribution is 6.51. The van der Waals surface area contributed by atoms with Crippen molar-refractivity contribution in [1.29, 1.82) is 0 Å². The van der Waals surface area contributed by atoms with Crippen molar-refractivity contribution >= 4 is 29.1 Å². The van der Waals surface area contributed by atoms with Crippen LogP contribution in [-0.2, 0) is 9.59 Å². The highest BCUT2D eigenvalue weighted by Gasteiger charge is 2.45. The summed E-state index contributed by atoms with van der Waals surface area (Å²) in [5.74, 6) is -3.44. The Morgan fingerprint density at radius 2 is 1.58 bits per heavy atom. The lowest BCUT2D eigenvalue weighted by Gasteiger charge is -2.27. The first kappa shape index (κ1) is 20.1. The SMILES string of the molecule is Cc1ccc(C([O-])=C2C(=O)C(=O)N(c3cccc(C(=O)O)c3)[C@H]2c2ccccc2)cc1. The number of carboxylic acids is 1. The Morgan fingerprint density at radius 1 is 0.903 bits per heavy atom. The topological polar surface area (TPSA) is 97.7 Å². The molecule has 3 aromatic rings. The molecule has 1 atom stereocenters. The minimum Gasteiger partial charge on any atom is -0.872 e. The molecule has 154 valence electrons. The van der Waals surface area contributed by atoms with E-state index in [-0.39, 0.29) is 16.8 Å². The van der Waals surface area contributed by atoms with Gasteiger partial charge in [0.25, 0.3) is 5.91 Å². The number of carbonyl (C=O) groups excluding carboxylic acids is 2. The smallest absolute Gasteiger partial charge is 0.335 e. The van der Waals surface area contributed by atoms with E-state index >= 15 is 0 Å². The van der Waals surface area contributed by atoms with E-state index in [1.165, 1.54) is 23.1 Å². The first-order chi connectivity index (χ1) is 14.9. The zero-order chi connectivity index (χ0) is 22.1. The van der Waals surface area contributed by atoms with Gasteiger partial charge in [0, 0.05) is 11.3 Å². The molecule has 4 rings (SSSR count). The molecule has 1 saturated heterocycles. The summed E-state index contributed by atoms with van der Waals surface area (Å²) in [7, 11) is 0. The van der Waals surface area contributed by atoms with E-state index in [2.05, 4.69) is 0 Å². The Morgan fingerprint density at radius 3 is 2.23 bits per heavy atom. The van der Waals surface area contributed by atoms with Crippen molar-refractivity contribution < 1.29 is 24.6 Å². The summed E-state index contributed by atoms with van der Waals surface area (Å²) in [4.78, 5) is 38.7. The molecule has 31 heavy (non-hydrogen) atoms. The molecule has 1 fully saturated rings. The van der Waals surface area contributed by atoms with Crippen molar-refractivity contribution in [3.05, 3.63) is 107 Å². The van der Waals surface area contributed by atoms with Crippen LogP contribution >= 0.6 is 0 Å². The van der Waals surface area contributed by atoms with Crippen molar-refractivity contribution in [2.24, 2.45) is 0 Å². The fraction of sp³-hybridized carbons (Fsp3) is 0.0800. The van der Waals surface area contributed by atoms with Gasteiger partial charge in [-0.3, -0.25) is 14.5 Å². The van der Waals surface area contributed by atoms with E-state index in [4.69, 9.17) is 0 Å². The Hall–Kier alpha value is -4.19. The van der Waals surface area contributed by atoms with Crippen LogP contribution < -0.4 is 10.0 Å². The molecule has 6 heteroatoms. The van der Waals surface area contributed by atoms with E-state index < -0.39 is 29.5 Å². The van der Waals surface area contributed by atoms with Gasteiger partial charge in [0.05, 0.1) is 11.6 Å². The fourth-order valence-corrected chi connectivity index (χ4v) is 3.69. The average Bonchev–Trinajstić information content (AvgIpc) is 3.05. The van der Waals surface area contributed by atoms with Gasteiger partial charge in [-0.05, 0) is 36.2 Å². The maximum atomic E-state index is 13.3. The van der Waals surface area contributed by atoms with Gasteiger partial charge in [0.15, 0.2) is 0 Å². The lowest BCUT2D eigenvalue weighted by molar-refractivity contribution is -0.245. The lowest BCUT2D eigenvalue weighted by atomic mass is 9.95. The summed E-state index contributed by atoms with van der Waals surface area (Å²) in [5, 5.41) is 22.7. The van der Waals surface area contributed by atoms with Crippen molar-refractivity contribution in [1.82, 2.24) is 0 Å². The van der Waals surface area contributed by atoms with Crippen LogP contribution in [0.15, 0.2) is 84.4 Å². The number of aromatic carboxylic acids is 1. The van der Waals surface area contributed by atoms with Crippen molar-refractivity contribution in [2.75, 3.05) is 4.90 Å². The number of benzene rings is 3. The van der Waals surface area contributed by atoms with Crippen LogP contribution in [0.2, 0.25) is 0 Å². The first-order valence-corrected chi connectivity index (χ1v) is 9.63. The van der Waals surface area contributed by atoms with Crippen LogP contribution in [0.4, 0.5) is 5.69 Å². The second-order valence-electron chi connectivity index (χ2n) is 7.28. The van der Waals surface area contributed by atoms with Gasteiger partial charge in [-0.2, -0.15) is 0 Å². The number of hydrogen-bond donors (Lipinski definition) is 1. The van der Waals surface area contributed by atoms with Gasteiger partial charge in [-0.25, -0.2) is 4.79 Å². The van der Waals surface area contributed by atoms with Crippen LogP contribution in [0.1, 0.15) is 33.1 Å². The molecule has 0 unspecified atom stereocenters. The molecule has 0 bridgehead atoms. The van der Waals surface area contributed by atoms with Crippen LogP contribution in [0.25, 0.3) is 5.76 Å². The molecule has 1 aliphatic heterocycles. The average molecular weight is 412 g/mol. The van der Waals surface area contributed by atoms with E-state index in [1.54, 1.807) is 60.7 Å². The minimum atomic E-state index is -1.16. The van der Waals surface area contributed by atoms with Crippen molar-refractivity contribution in [3.63, 3.8) is 0 Å². The molecule has 1 N–H and O–H groups in total. The molecular formula is C25H18NO5-. The molecule has 6 nitrogen and oxygen atoms in total. The van der Waals surface area contributed by atoms with Crippen LogP contribution in [0, 0.1) is 6.92 Å². The summed E-state index contributed by atoms with van der Waals surface area (Å²) < 4.78 is 0. The van der Waals surface area contributed by atoms with E-state index in [0.29, 0.717) is 11.1 Å². The molecule has 1 aliphatic rings. The van der Waals surface area contributed by atoms with Gasteiger partial charge >= 0.3 is 5.97 Å². The lowest BCUT2D eigenvalue weighted by Crippen LogP contribution is -2.29. The Bertz CT molecular complexity index is 1210. The number of anilines is 1. The number of nitrogens with zero attached hydrogens (tertiary/aromatic N) is 1. The Labute approximate surface area is 178 Å². The molecule has 3 aromatic carbocycles. The third-order valence-electron chi connectivity index (χ3n) is 5.23. The first-order valence-electron chi connectivity index (χ1n) is 9.63. The maximum absolute atomic E-state index is 13.3. The van der Waals surface area contributed by atoms with Crippen LogP contribution in [-0.4, -0.2) is 22.8 Å².